The minimum Gasteiger partial charge on any atom is -0.511 e. The molecule has 36 heavy (non-hydrogen) atoms. The fourth-order valence-electron chi connectivity index (χ4n) is 5.92. The molecule has 0 bridgehead atoms. The number of esters is 1. The molecule has 0 fully saturated rings. The Bertz CT molecular complexity index is 1220. The van der Waals surface area contributed by atoms with E-state index in [1.807, 2.05) is 6.92 Å². The molecular weight excluding hydrogens is 468 g/mol. The molecule has 0 saturated heterocycles. The van der Waals surface area contributed by atoms with Crippen LogP contribution in [0.3, 0.4) is 0 Å². The molecule has 0 amide bonds. The highest BCUT2D eigenvalue weighted by Crippen LogP contribution is 2.55. The Kier molecular flexibility index (Phi) is 6.55. The fourth-order valence-corrected chi connectivity index (χ4v) is 5.92. The van der Waals surface area contributed by atoms with E-state index in [4.69, 9.17) is 4.74 Å². The highest BCUT2D eigenvalue weighted by molar-refractivity contribution is 6.25. The van der Waals surface area contributed by atoms with E-state index in [0.717, 1.165) is 19.8 Å². The van der Waals surface area contributed by atoms with Gasteiger partial charge < -0.3 is 25.2 Å². The zero-order chi connectivity index (χ0) is 26.5. The number of unbranched alkanes of at least 4 members (excludes halogenated alkanes) is 2. The molecule has 0 spiro atoms. The molecule has 3 aliphatic carbocycles. The van der Waals surface area contributed by atoms with E-state index >= 15 is 0 Å². The second kappa shape index (κ2) is 9.20. The van der Waals surface area contributed by atoms with Crippen molar-refractivity contribution in [3.8, 4) is 5.75 Å². The molecule has 0 aromatic heterocycles. The van der Waals surface area contributed by atoms with Crippen LogP contribution in [0.5, 0.6) is 5.75 Å². The third kappa shape index (κ3) is 3.64. The molecule has 3 aliphatic rings. The summed E-state index contributed by atoms with van der Waals surface area (Å²) in [6.07, 6.45) is 0.583. The maximum atomic E-state index is 13.6. The van der Waals surface area contributed by atoms with E-state index in [0.29, 0.717) is 12.0 Å². The number of ether oxygens (including phenoxy) is 1. The van der Waals surface area contributed by atoms with Gasteiger partial charge in [0.25, 0.3) is 0 Å². The number of carbonyl (C=O) groups is 4. The van der Waals surface area contributed by atoms with Crippen molar-refractivity contribution < 1.29 is 44.3 Å². The molecule has 1 aromatic carbocycles. The summed E-state index contributed by atoms with van der Waals surface area (Å²) in [5.41, 5.74) is -3.41. The third-order valence-electron chi connectivity index (χ3n) is 7.69. The number of fused-ring (bicyclic) bond motifs is 3. The normalized spacial score (nSPS) is 29.4. The Labute approximate surface area is 208 Å². The van der Waals surface area contributed by atoms with Gasteiger partial charge in [-0.1, -0.05) is 38.8 Å². The van der Waals surface area contributed by atoms with Crippen molar-refractivity contribution in [3.63, 3.8) is 0 Å². The van der Waals surface area contributed by atoms with Crippen molar-refractivity contribution >= 4 is 23.3 Å². The van der Waals surface area contributed by atoms with Crippen LogP contribution in [0.25, 0.3) is 0 Å². The van der Waals surface area contributed by atoms with Gasteiger partial charge in [0, 0.05) is 30.3 Å². The number of phenolic OH excluding ortho intramolecular Hbond substituents is 1. The van der Waals surface area contributed by atoms with Gasteiger partial charge in [0.1, 0.15) is 28.9 Å². The molecule has 4 rings (SSSR count). The lowest BCUT2D eigenvalue weighted by molar-refractivity contribution is -0.174. The molecule has 0 saturated carbocycles. The lowest BCUT2D eigenvalue weighted by Crippen LogP contribution is -2.63. The van der Waals surface area contributed by atoms with Crippen LogP contribution in [0, 0.1) is 11.8 Å². The number of rotatable bonds is 6. The van der Waals surface area contributed by atoms with E-state index in [-0.39, 0.29) is 23.3 Å². The Hall–Kier alpha value is -3.46. The average molecular weight is 499 g/mol. The highest BCUT2D eigenvalue weighted by Gasteiger charge is 2.65. The van der Waals surface area contributed by atoms with Gasteiger partial charge in [-0.15, -0.1) is 0 Å². The molecule has 9 heteroatoms. The van der Waals surface area contributed by atoms with Crippen molar-refractivity contribution in [3.05, 3.63) is 52.0 Å². The Morgan fingerprint density at radius 3 is 2.47 bits per heavy atom. The van der Waals surface area contributed by atoms with Crippen LogP contribution in [-0.4, -0.2) is 55.5 Å². The van der Waals surface area contributed by atoms with Gasteiger partial charge in [-0.3, -0.25) is 19.2 Å². The predicted octanol–water partition coefficient (Wildman–Crippen LogP) is 3.35. The number of benzene rings is 1. The molecule has 0 heterocycles. The van der Waals surface area contributed by atoms with E-state index in [2.05, 4.69) is 0 Å². The van der Waals surface area contributed by atoms with Crippen LogP contribution >= 0.6 is 0 Å². The van der Waals surface area contributed by atoms with Crippen LogP contribution in [0.4, 0.5) is 0 Å². The third-order valence-corrected chi connectivity index (χ3v) is 7.69. The zero-order valence-corrected chi connectivity index (χ0v) is 20.4. The molecule has 0 radical (unpaired) electrons. The van der Waals surface area contributed by atoms with Crippen molar-refractivity contribution in [2.75, 3.05) is 0 Å². The van der Waals surface area contributed by atoms with Gasteiger partial charge in [-0.25, -0.2) is 0 Å². The first-order valence-electron chi connectivity index (χ1n) is 12.2. The van der Waals surface area contributed by atoms with Gasteiger partial charge in [0.05, 0.1) is 5.56 Å². The minimum atomic E-state index is -2.77. The Morgan fingerprint density at radius 2 is 1.83 bits per heavy atom. The number of allylic oxidation sites excluding steroid dienone is 1. The van der Waals surface area contributed by atoms with Gasteiger partial charge in [0.2, 0.25) is 5.78 Å². The second-order valence-corrected chi connectivity index (χ2v) is 9.84. The summed E-state index contributed by atoms with van der Waals surface area (Å²) in [5, 5.41) is 44.0. The number of Topliss-reactive ketones (excluding diaryl/α,β-unsaturated/α-hetero) is 3. The predicted molar refractivity (Wildman–Crippen MR) is 126 cm³/mol. The van der Waals surface area contributed by atoms with E-state index in [1.165, 1.54) is 6.07 Å². The number of aliphatic hydroxyl groups is 3. The van der Waals surface area contributed by atoms with Crippen molar-refractivity contribution in [2.24, 2.45) is 11.8 Å². The van der Waals surface area contributed by atoms with Crippen LogP contribution in [0.1, 0.15) is 74.7 Å². The number of ketones is 3. The molecule has 0 aliphatic heterocycles. The summed E-state index contributed by atoms with van der Waals surface area (Å²) < 4.78 is 5.82. The van der Waals surface area contributed by atoms with Crippen molar-refractivity contribution in [2.45, 2.75) is 70.5 Å². The Balaban J connectivity index is 1.93. The highest BCUT2D eigenvalue weighted by atomic mass is 16.5. The van der Waals surface area contributed by atoms with Gasteiger partial charge >= 0.3 is 5.97 Å². The van der Waals surface area contributed by atoms with E-state index in [9.17, 15) is 39.6 Å². The largest absolute Gasteiger partial charge is 0.511 e. The number of aliphatic hydroxyl groups excluding tert-OH is 2. The summed E-state index contributed by atoms with van der Waals surface area (Å²) in [6.45, 7) is 4.74. The van der Waals surface area contributed by atoms with Crippen LogP contribution in [0.15, 0.2) is 40.9 Å². The van der Waals surface area contributed by atoms with Gasteiger partial charge in [-0.05, 0) is 30.9 Å². The van der Waals surface area contributed by atoms with Crippen LogP contribution in [0.2, 0.25) is 0 Å². The number of hydrogen-bond donors (Lipinski definition) is 4. The minimum absolute atomic E-state index is 0.0708. The standard InChI is InChI=1S/C27H30O9/c1-4-5-6-10-18(31)36-24-15-11-17(30)20(13(3)28)25(33)27(15,35)26(34)22-19(24)12(2)14-8-7-9-16(29)21(14)23(22)32/h7-9,12,15,19,24,29-30,34-35H,4-6,10-11H2,1-3H3/t12-,15+,19+,24+,27+/m0/s1. The second-order valence-electron chi connectivity index (χ2n) is 9.84. The van der Waals surface area contributed by atoms with E-state index < -0.39 is 76.3 Å². The fraction of sp³-hybridized carbons (Fsp3) is 0.481. The number of hydrogen-bond acceptors (Lipinski definition) is 9. The molecule has 5 atom stereocenters. The quantitative estimate of drug-likeness (QED) is 0.262. The first-order valence-corrected chi connectivity index (χ1v) is 12.2. The topological polar surface area (TPSA) is 158 Å². The molecule has 0 unspecified atom stereocenters. The number of carbonyl (C=O) groups excluding carboxylic acids is 4. The SMILES string of the molecule is CCCCCC(=O)O[C@H]1[C@H]2C(=C(O)[C@]3(O)C(=O)C(C(C)=O)=C(O)C[C@H]13)C(=O)c1c(O)cccc1[C@@H]2C. The summed E-state index contributed by atoms with van der Waals surface area (Å²) >= 11 is 0. The monoisotopic (exact) mass is 498 g/mol. The summed E-state index contributed by atoms with van der Waals surface area (Å²) in [4.78, 5) is 51.9. The lowest BCUT2D eigenvalue weighted by Gasteiger charge is -2.51. The van der Waals surface area contributed by atoms with Gasteiger partial charge in [-0.2, -0.15) is 0 Å². The van der Waals surface area contributed by atoms with Gasteiger partial charge in [0.15, 0.2) is 17.2 Å². The number of phenols is 1. The smallest absolute Gasteiger partial charge is 0.306 e. The zero-order valence-electron chi connectivity index (χ0n) is 20.4. The molecule has 4 N–H and O–H groups in total. The first-order chi connectivity index (χ1) is 17.0. The maximum Gasteiger partial charge on any atom is 0.306 e. The average Bonchev–Trinajstić information content (AvgIpc) is 2.81. The number of aromatic hydroxyl groups is 1. The summed E-state index contributed by atoms with van der Waals surface area (Å²) in [7, 11) is 0. The molecule has 9 nitrogen and oxygen atoms in total. The van der Waals surface area contributed by atoms with Crippen molar-refractivity contribution in [1.29, 1.82) is 0 Å². The first kappa shape index (κ1) is 25.6. The Morgan fingerprint density at radius 1 is 1.14 bits per heavy atom. The lowest BCUT2D eigenvalue weighted by atomic mass is 9.56. The maximum absolute atomic E-state index is 13.6. The summed E-state index contributed by atoms with van der Waals surface area (Å²) in [6, 6.07) is 4.52. The van der Waals surface area contributed by atoms with Crippen LogP contribution < -0.4 is 0 Å². The van der Waals surface area contributed by atoms with Crippen LogP contribution in [-0.2, 0) is 19.1 Å². The molecule has 1 aromatic rings. The van der Waals surface area contributed by atoms with E-state index in [1.54, 1.807) is 19.1 Å². The summed E-state index contributed by atoms with van der Waals surface area (Å²) in [5.74, 6) is -8.22. The molecular formula is C27H30O9. The molecule has 192 valence electrons. The van der Waals surface area contributed by atoms with Crippen molar-refractivity contribution in [1.82, 2.24) is 0 Å².